The number of benzene rings is 1. The first-order valence-electron chi connectivity index (χ1n) is 5.18. The van der Waals surface area contributed by atoms with Crippen molar-refractivity contribution in [2.24, 2.45) is 0 Å². The Labute approximate surface area is 100 Å². The first-order chi connectivity index (χ1) is 7.85. The van der Waals surface area contributed by atoms with E-state index in [9.17, 15) is 0 Å². The van der Waals surface area contributed by atoms with Crippen LogP contribution in [0.2, 0.25) is 0 Å². The Hall–Kier alpha value is -1.19. The normalized spacial score (nSPS) is 12.6. The minimum absolute atomic E-state index is 0.203. The third-order valence-electron chi connectivity index (χ3n) is 2.61. The minimum atomic E-state index is 0.203. The summed E-state index contributed by atoms with van der Waals surface area (Å²) in [6.45, 7) is 0. The van der Waals surface area contributed by atoms with Gasteiger partial charge in [-0.15, -0.1) is 11.8 Å². The highest BCUT2D eigenvalue weighted by Gasteiger charge is 2.12. The summed E-state index contributed by atoms with van der Waals surface area (Å²) in [5, 5.41) is 3.29. The number of hydrogen-bond donors (Lipinski definition) is 1. The third-order valence-corrected chi connectivity index (χ3v) is 3.36. The van der Waals surface area contributed by atoms with Crippen molar-refractivity contribution in [3.05, 3.63) is 54.0 Å². The fraction of sp³-hybridized carbons (Fsp3) is 0.231. The van der Waals surface area contributed by atoms with Crippen LogP contribution in [0, 0.1) is 0 Å². The van der Waals surface area contributed by atoms with Crippen molar-refractivity contribution in [2.45, 2.75) is 10.9 Å². The van der Waals surface area contributed by atoms with Gasteiger partial charge in [0, 0.05) is 10.5 Å². The zero-order chi connectivity index (χ0) is 11.4. The summed E-state index contributed by atoms with van der Waals surface area (Å²) in [6, 6.07) is 10.8. The second kappa shape index (κ2) is 5.23. The fourth-order valence-corrected chi connectivity index (χ4v) is 2.17. The van der Waals surface area contributed by atoms with Crippen LogP contribution in [0.5, 0.6) is 0 Å². The van der Waals surface area contributed by atoms with E-state index < -0.39 is 0 Å². The predicted octanol–water partition coefficient (Wildman–Crippen LogP) is 3.31. The van der Waals surface area contributed by atoms with Gasteiger partial charge in [-0.2, -0.15) is 0 Å². The van der Waals surface area contributed by atoms with E-state index in [0.717, 1.165) is 5.56 Å². The molecular formula is C13H15NOS. The van der Waals surface area contributed by atoms with Crippen LogP contribution in [0.3, 0.4) is 0 Å². The van der Waals surface area contributed by atoms with E-state index in [1.165, 1.54) is 10.5 Å². The Bertz CT molecular complexity index is 422. The Morgan fingerprint density at radius 3 is 2.38 bits per heavy atom. The number of nitrogens with one attached hydrogen (secondary N) is 1. The van der Waals surface area contributed by atoms with Gasteiger partial charge in [0.25, 0.3) is 0 Å². The minimum Gasteiger partial charge on any atom is -0.472 e. The number of rotatable bonds is 4. The predicted molar refractivity (Wildman–Crippen MR) is 67.8 cm³/mol. The van der Waals surface area contributed by atoms with Crippen molar-refractivity contribution in [2.75, 3.05) is 13.3 Å². The van der Waals surface area contributed by atoms with Crippen LogP contribution < -0.4 is 5.32 Å². The number of hydrogen-bond acceptors (Lipinski definition) is 3. The maximum atomic E-state index is 5.12. The van der Waals surface area contributed by atoms with Gasteiger partial charge in [-0.05, 0) is 37.1 Å². The zero-order valence-corrected chi connectivity index (χ0v) is 10.3. The molecule has 1 N–H and O–H groups in total. The lowest BCUT2D eigenvalue weighted by molar-refractivity contribution is 0.557. The summed E-state index contributed by atoms with van der Waals surface area (Å²) < 4.78 is 5.12. The molecule has 0 saturated carbocycles. The largest absolute Gasteiger partial charge is 0.472 e. The van der Waals surface area contributed by atoms with Gasteiger partial charge in [0.05, 0.1) is 18.6 Å². The summed E-state index contributed by atoms with van der Waals surface area (Å²) in [5.41, 5.74) is 2.40. The van der Waals surface area contributed by atoms with Gasteiger partial charge in [-0.25, -0.2) is 0 Å². The average molecular weight is 233 g/mol. The van der Waals surface area contributed by atoms with E-state index >= 15 is 0 Å². The van der Waals surface area contributed by atoms with Gasteiger partial charge in [0.1, 0.15) is 0 Å². The van der Waals surface area contributed by atoms with E-state index in [4.69, 9.17) is 4.42 Å². The lowest BCUT2D eigenvalue weighted by Crippen LogP contribution is -2.16. The molecule has 0 amide bonds. The molecule has 1 atom stereocenters. The lowest BCUT2D eigenvalue weighted by atomic mass is 10.0. The highest BCUT2D eigenvalue weighted by atomic mass is 32.2. The van der Waals surface area contributed by atoms with Crippen molar-refractivity contribution in [1.29, 1.82) is 0 Å². The van der Waals surface area contributed by atoms with Gasteiger partial charge in [-0.1, -0.05) is 12.1 Å². The Morgan fingerprint density at radius 1 is 1.12 bits per heavy atom. The maximum Gasteiger partial charge on any atom is 0.0953 e. The molecule has 3 heteroatoms. The summed E-state index contributed by atoms with van der Waals surface area (Å²) in [4.78, 5) is 1.28. The van der Waals surface area contributed by atoms with E-state index in [-0.39, 0.29) is 6.04 Å². The van der Waals surface area contributed by atoms with Crippen molar-refractivity contribution in [1.82, 2.24) is 5.32 Å². The lowest BCUT2D eigenvalue weighted by Gasteiger charge is -2.15. The first-order valence-corrected chi connectivity index (χ1v) is 6.41. The van der Waals surface area contributed by atoms with Crippen molar-refractivity contribution in [3.8, 4) is 0 Å². The molecule has 1 heterocycles. The van der Waals surface area contributed by atoms with Gasteiger partial charge in [-0.3, -0.25) is 0 Å². The Balaban J connectivity index is 2.27. The van der Waals surface area contributed by atoms with Crippen LogP contribution in [0.15, 0.2) is 52.2 Å². The quantitative estimate of drug-likeness (QED) is 0.820. The van der Waals surface area contributed by atoms with E-state index in [1.54, 1.807) is 24.3 Å². The second-order valence-electron chi connectivity index (χ2n) is 3.55. The van der Waals surface area contributed by atoms with Crippen LogP contribution in [0.1, 0.15) is 17.2 Å². The highest BCUT2D eigenvalue weighted by molar-refractivity contribution is 7.98. The molecule has 0 aliphatic carbocycles. The van der Waals surface area contributed by atoms with Gasteiger partial charge < -0.3 is 9.73 Å². The maximum absolute atomic E-state index is 5.12. The van der Waals surface area contributed by atoms with Gasteiger partial charge in [0.15, 0.2) is 0 Å². The van der Waals surface area contributed by atoms with Crippen LogP contribution in [-0.4, -0.2) is 13.3 Å². The van der Waals surface area contributed by atoms with Gasteiger partial charge >= 0.3 is 0 Å². The van der Waals surface area contributed by atoms with Crippen LogP contribution in [0.25, 0.3) is 0 Å². The molecule has 1 aromatic carbocycles. The molecule has 0 fully saturated rings. The molecule has 0 aliphatic rings. The van der Waals surface area contributed by atoms with Crippen LogP contribution in [-0.2, 0) is 0 Å². The molecule has 0 aliphatic heterocycles. The molecular weight excluding hydrogens is 218 g/mol. The molecule has 2 rings (SSSR count). The Kier molecular flexibility index (Phi) is 3.70. The molecule has 2 nitrogen and oxygen atoms in total. The molecule has 1 unspecified atom stereocenters. The van der Waals surface area contributed by atoms with E-state index in [0.29, 0.717) is 0 Å². The van der Waals surface area contributed by atoms with Gasteiger partial charge in [0.2, 0.25) is 0 Å². The Morgan fingerprint density at radius 2 is 1.88 bits per heavy atom. The zero-order valence-electron chi connectivity index (χ0n) is 9.44. The van der Waals surface area contributed by atoms with Crippen molar-refractivity contribution in [3.63, 3.8) is 0 Å². The van der Waals surface area contributed by atoms with Crippen molar-refractivity contribution < 1.29 is 4.42 Å². The SMILES string of the molecule is CNC(c1ccc(SC)cc1)c1ccoc1. The highest BCUT2D eigenvalue weighted by Crippen LogP contribution is 2.24. The summed E-state index contributed by atoms with van der Waals surface area (Å²) in [7, 11) is 1.96. The molecule has 2 aromatic rings. The van der Waals surface area contributed by atoms with E-state index in [1.807, 2.05) is 13.1 Å². The smallest absolute Gasteiger partial charge is 0.0953 e. The topological polar surface area (TPSA) is 25.2 Å². The first kappa shape index (κ1) is 11.3. The molecule has 84 valence electrons. The summed E-state index contributed by atoms with van der Waals surface area (Å²) in [6.07, 6.45) is 5.57. The molecule has 0 saturated heterocycles. The van der Waals surface area contributed by atoms with E-state index in [2.05, 4.69) is 35.8 Å². The standard InChI is InChI=1S/C13H15NOS/c1-14-13(11-7-8-15-9-11)10-3-5-12(16-2)6-4-10/h3-9,13-14H,1-2H3. The number of furan rings is 1. The second-order valence-corrected chi connectivity index (χ2v) is 4.43. The molecule has 1 aromatic heterocycles. The molecule has 16 heavy (non-hydrogen) atoms. The molecule has 0 spiro atoms. The fourth-order valence-electron chi connectivity index (χ4n) is 1.76. The van der Waals surface area contributed by atoms with Crippen LogP contribution in [0.4, 0.5) is 0 Å². The summed E-state index contributed by atoms with van der Waals surface area (Å²) >= 11 is 1.76. The van der Waals surface area contributed by atoms with Crippen LogP contribution >= 0.6 is 11.8 Å². The molecule has 0 bridgehead atoms. The monoisotopic (exact) mass is 233 g/mol. The molecule has 0 radical (unpaired) electrons. The van der Waals surface area contributed by atoms with Crippen molar-refractivity contribution >= 4 is 11.8 Å². The number of thioether (sulfide) groups is 1. The summed E-state index contributed by atoms with van der Waals surface area (Å²) in [5.74, 6) is 0. The third kappa shape index (κ3) is 2.31. The average Bonchev–Trinajstić information content (AvgIpc) is 2.85.